The summed E-state index contributed by atoms with van der Waals surface area (Å²) < 4.78 is 15.5. The third-order valence-electron chi connectivity index (χ3n) is 6.04. The van der Waals surface area contributed by atoms with E-state index in [-0.39, 0.29) is 12.3 Å². The molecule has 0 radical (unpaired) electrons. The number of carbonyl (C=O) groups excluding carboxylic acids is 1. The maximum atomic E-state index is 13.4. The topological polar surface area (TPSA) is 101 Å². The van der Waals surface area contributed by atoms with Crippen molar-refractivity contribution >= 4 is 34.1 Å². The van der Waals surface area contributed by atoms with E-state index in [0.717, 1.165) is 15.1 Å². The van der Waals surface area contributed by atoms with Gasteiger partial charge in [-0.25, -0.2) is 9.78 Å². The molecule has 0 N–H and O–H groups in total. The number of hydrogen-bond acceptors (Lipinski definition) is 7. The van der Waals surface area contributed by atoms with Crippen LogP contribution in [0.25, 0.3) is 11.2 Å². The molecule has 0 bridgehead atoms. The molecule has 182 valence electrons. The Morgan fingerprint density at radius 2 is 1.91 bits per heavy atom. The Bertz CT molecular complexity index is 1500. The number of amides is 1. The second-order valence-corrected chi connectivity index (χ2v) is 9.34. The number of ether oxygens (including phenoxy) is 2. The molecular formula is C24H25N5O5S. The van der Waals surface area contributed by atoms with Gasteiger partial charge in [-0.2, -0.15) is 0 Å². The van der Waals surface area contributed by atoms with Crippen molar-refractivity contribution in [2.45, 2.75) is 25.9 Å². The van der Waals surface area contributed by atoms with Crippen LogP contribution >= 0.6 is 11.3 Å². The Morgan fingerprint density at radius 3 is 2.69 bits per heavy atom. The van der Waals surface area contributed by atoms with Crippen LogP contribution in [0.2, 0.25) is 0 Å². The van der Waals surface area contributed by atoms with Crippen molar-refractivity contribution < 1.29 is 14.3 Å². The van der Waals surface area contributed by atoms with Gasteiger partial charge in [0.1, 0.15) is 13.2 Å². The quantitative estimate of drug-likeness (QED) is 0.390. The molecule has 1 aromatic carbocycles. The fourth-order valence-corrected chi connectivity index (χ4v) is 4.88. The van der Waals surface area contributed by atoms with E-state index in [1.165, 1.54) is 11.6 Å². The minimum atomic E-state index is -0.424. The van der Waals surface area contributed by atoms with E-state index in [9.17, 15) is 14.4 Å². The number of aryl methyl sites for hydroxylation is 2. The number of rotatable bonds is 7. The number of carbonyl (C=O) groups is 1. The van der Waals surface area contributed by atoms with Crippen LogP contribution in [0.15, 0.2) is 51.6 Å². The molecule has 0 spiro atoms. The molecule has 35 heavy (non-hydrogen) atoms. The molecule has 4 heterocycles. The summed E-state index contributed by atoms with van der Waals surface area (Å²) in [5, 5.41) is 1.99. The molecule has 11 heteroatoms. The van der Waals surface area contributed by atoms with Gasteiger partial charge in [-0.15, -0.1) is 11.3 Å². The minimum Gasteiger partial charge on any atom is -0.486 e. The zero-order valence-corrected chi connectivity index (χ0v) is 20.3. The Hall–Kier alpha value is -3.86. The molecule has 1 amide bonds. The lowest BCUT2D eigenvalue weighted by molar-refractivity contribution is -0.118. The van der Waals surface area contributed by atoms with E-state index in [0.29, 0.717) is 55.4 Å². The van der Waals surface area contributed by atoms with Crippen molar-refractivity contribution in [3.63, 3.8) is 0 Å². The number of fused-ring (bicyclic) bond motifs is 2. The molecule has 0 unspecified atom stereocenters. The third kappa shape index (κ3) is 4.34. The van der Waals surface area contributed by atoms with Crippen molar-refractivity contribution in [1.29, 1.82) is 0 Å². The highest BCUT2D eigenvalue weighted by Gasteiger charge is 2.21. The summed E-state index contributed by atoms with van der Waals surface area (Å²) in [6, 6.07) is 9.50. The van der Waals surface area contributed by atoms with Crippen LogP contribution in [0, 0.1) is 0 Å². The second kappa shape index (κ2) is 9.41. The SMILES string of the molecule is Cn1c(=O)c2c(ncn2CCCC(=O)N(Cc2cccs2)c2ccc3c(c2)OCCO3)n(C)c1=O. The maximum Gasteiger partial charge on any atom is 0.332 e. The van der Waals surface area contributed by atoms with Crippen LogP contribution in [0.3, 0.4) is 0 Å². The zero-order valence-electron chi connectivity index (χ0n) is 19.5. The number of aromatic nitrogens is 4. The number of hydrogen-bond donors (Lipinski definition) is 0. The first-order valence-electron chi connectivity index (χ1n) is 11.3. The molecule has 4 aromatic rings. The van der Waals surface area contributed by atoms with E-state index >= 15 is 0 Å². The van der Waals surface area contributed by atoms with Crippen molar-refractivity contribution in [2.75, 3.05) is 18.1 Å². The molecule has 0 saturated carbocycles. The summed E-state index contributed by atoms with van der Waals surface area (Å²) in [5.41, 5.74) is 0.600. The minimum absolute atomic E-state index is 0.0419. The van der Waals surface area contributed by atoms with Gasteiger partial charge in [-0.1, -0.05) is 6.07 Å². The highest BCUT2D eigenvalue weighted by atomic mass is 32.1. The van der Waals surface area contributed by atoms with Gasteiger partial charge in [0.05, 0.1) is 12.9 Å². The molecule has 0 atom stereocenters. The lowest BCUT2D eigenvalue weighted by Gasteiger charge is -2.25. The number of imidazole rings is 1. The summed E-state index contributed by atoms with van der Waals surface area (Å²) >= 11 is 1.59. The molecule has 1 aliphatic heterocycles. The van der Waals surface area contributed by atoms with E-state index in [2.05, 4.69) is 4.98 Å². The van der Waals surface area contributed by atoms with Crippen LogP contribution in [-0.4, -0.2) is 37.8 Å². The first-order valence-corrected chi connectivity index (χ1v) is 12.2. The Morgan fingerprint density at radius 1 is 1.11 bits per heavy atom. The Labute approximate surface area is 204 Å². The van der Waals surface area contributed by atoms with Gasteiger partial charge in [0.2, 0.25) is 5.91 Å². The van der Waals surface area contributed by atoms with Gasteiger partial charge in [-0.3, -0.25) is 18.7 Å². The predicted molar refractivity (Wildman–Crippen MR) is 132 cm³/mol. The largest absolute Gasteiger partial charge is 0.486 e. The second-order valence-electron chi connectivity index (χ2n) is 8.31. The average Bonchev–Trinajstić information content (AvgIpc) is 3.54. The Balaban J connectivity index is 1.35. The van der Waals surface area contributed by atoms with Crippen LogP contribution in [0.4, 0.5) is 5.69 Å². The fourth-order valence-electron chi connectivity index (χ4n) is 4.18. The molecule has 1 aliphatic rings. The van der Waals surface area contributed by atoms with Crippen molar-refractivity contribution in [1.82, 2.24) is 18.7 Å². The van der Waals surface area contributed by atoms with Gasteiger partial charge >= 0.3 is 5.69 Å². The predicted octanol–water partition coefficient (Wildman–Crippen LogP) is 2.28. The molecule has 0 fully saturated rings. The number of thiophene rings is 1. The average molecular weight is 496 g/mol. The van der Waals surface area contributed by atoms with Gasteiger partial charge in [0.25, 0.3) is 5.56 Å². The van der Waals surface area contributed by atoms with E-state index < -0.39 is 11.2 Å². The number of benzene rings is 1. The normalized spacial score (nSPS) is 12.7. The lowest BCUT2D eigenvalue weighted by atomic mass is 10.2. The summed E-state index contributed by atoms with van der Waals surface area (Å²) in [7, 11) is 3.03. The highest BCUT2D eigenvalue weighted by molar-refractivity contribution is 7.09. The lowest BCUT2D eigenvalue weighted by Crippen LogP contribution is -2.37. The zero-order chi connectivity index (χ0) is 24.5. The van der Waals surface area contributed by atoms with E-state index in [1.54, 1.807) is 34.2 Å². The first-order chi connectivity index (χ1) is 16.9. The monoisotopic (exact) mass is 495 g/mol. The van der Waals surface area contributed by atoms with Crippen molar-refractivity contribution in [2.24, 2.45) is 14.1 Å². The number of anilines is 1. The molecular weight excluding hydrogens is 470 g/mol. The molecule has 10 nitrogen and oxygen atoms in total. The summed E-state index contributed by atoms with van der Waals surface area (Å²) in [6.45, 7) is 1.85. The molecule has 3 aromatic heterocycles. The summed E-state index contributed by atoms with van der Waals surface area (Å²) in [5.74, 6) is 1.26. The summed E-state index contributed by atoms with van der Waals surface area (Å²) in [4.78, 5) is 45.3. The van der Waals surface area contributed by atoms with E-state index in [4.69, 9.17) is 9.47 Å². The standard InChI is InChI=1S/C24H25N5O5S/c1-26-22-21(23(31)27(2)24(26)32)28(15-25-22)9-3-6-20(30)29(14-17-5-4-12-35-17)16-7-8-18-19(13-16)34-11-10-33-18/h4-5,7-8,12-13,15H,3,6,9-11,14H2,1-2H3. The van der Waals surface area contributed by atoms with E-state index in [1.807, 2.05) is 35.7 Å². The van der Waals surface area contributed by atoms with Crippen molar-refractivity contribution in [3.05, 3.63) is 67.8 Å². The fraction of sp³-hybridized carbons (Fsp3) is 0.333. The highest BCUT2D eigenvalue weighted by Crippen LogP contribution is 2.35. The van der Waals surface area contributed by atoms with Crippen LogP contribution < -0.4 is 25.6 Å². The van der Waals surface area contributed by atoms with Crippen LogP contribution in [-0.2, 0) is 32.0 Å². The van der Waals surface area contributed by atoms with Gasteiger partial charge in [0.15, 0.2) is 22.7 Å². The third-order valence-corrected chi connectivity index (χ3v) is 6.90. The van der Waals surface area contributed by atoms with Gasteiger partial charge in [0, 0.05) is 43.7 Å². The molecule has 0 aliphatic carbocycles. The number of nitrogens with zero attached hydrogens (tertiary/aromatic N) is 5. The van der Waals surface area contributed by atoms with Gasteiger partial charge < -0.3 is 18.9 Å². The van der Waals surface area contributed by atoms with Crippen molar-refractivity contribution in [3.8, 4) is 11.5 Å². The molecule has 5 rings (SSSR count). The smallest absolute Gasteiger partial charge is 0.332 e. The van der Waals surface area contributed by atoms with Crippen LogP contribution in [0.5, 0.6) is 11.5 Å². The molecule has 0 saturated heterocycles. The van der Waals surface area contributed by atoms with Crippen LogP contribution in [0.1, 0.15) is 17.7 Å². The maximum absolute atomic E-state index is 13.4. The van der Waals surface area contributed by atoms with Gasteiger partial charge in [-0.05, 0) is 30.0 Å². The Kier molecular flexibility index (Phi) is 6.16. The summed E-state index contributed by atoms with van der Waals surface area (Å²) in [6.07, 6.45) is 2.31. The first kappa shape index (κ1) is 22.9.